The van der Waals surface area contributed by atoms with E-state index >= 15 is 0 Å². The van der Waals surface area contributed by atoms with Crippen LogP contribution in [-0.2, 0) is 0 Å². The molecule has 3 aliphatic rings. The van der Waals surface area contributed by atoms with Gasteiger partial charge in [0, 0.05) is 25.2 Å². The molecule has 16 heavy (non-hydrogen) atoms. The minimum Gasteiger partial charge on any atom is -0.370 e. The number of aliphatic imine (C=N–C) groups is 1. The lowest BCUT2D eigenvalue weighted by molar-refractivity contribution is 0.245. The van der Waals surface area contributed by atoms with E-state index in [2.05, 4.69) is 21.8 Å². The van der Waals surface area contributed by atoms with Gasteiger partial charge in [0.15, 0.2) is 5.96 Å². The Balaban J connectivity index is 1.68. The molecule has 90 valence electrons. The van der Waals surface area contributed by atoms with Crippen molar-refractivity contribution in [2.45, 2.75) is 50.2 Å². The number of guanidine groups is 1. The third-order valence-electron chi connectivity index (χ3n) is 4.33. The molecule has 2 unspecified atom stereocenters. The summed E-state index contributed by atoms with van der Waals surface area (Å²) in [6, 6.07) is 2.02. The van der Waals surface area contributed by atoms with Crippen molar-refractivity contribution in [1.82, 2.24) is 9.80 Å². The van der Waals surface area contributed by atoms with E-state index in [4.69, 9.17) is 5.73 Å². The molecule has 3 fully saturated rings. The van der Waals surface area contributed by atoms with Gasteiger partial charge >= 0.3 is 0 Å². The van der Waals surface area contributed by atoms with Crippen molar-refractivity contribution in [2.24, 2.45) is 10.7 Å². The Morgan fingerprint density at radius 3 is 2.62 bits per heavy atom. The molecule has 0 aromatic heterocycles. The molecule has 0 spiro atoms. The van der Waals surface area contributed by atoms with Crippen molar-refractivity contribution in [3.63, 3.8) is 0 Å². The highest BCUT2D eigenvalue weighted by Crippen LogP contribution is 2.29. The summed E-state index contributed by atoms with van der Waals surface area (Å²) in [4.78, 5) is 9.41. The molecular weight excluding hydrogens is 200 g/mol. The highest BCUT2D eigenvalue weighted by atomic mass is 15.3. The van der Waals surface area contributed by atoms with E-state index in [1.54, 1.807) is 0 Å². The topological polar surface area (TPSA) is 44.9 Å². The second-order valence-electron chi connectivity index (χ2n) is 5.50. The Kier molecular flexibility index (Phi) is 2.54. The number of nitrogens with two attached hydrogens (primary N) is 1. The summed E-state index contributed by atoms with van der Waals surface area (Å²) in [5.41, 5.74) is 6.09. The molecule has 2 bridgehead atoms. The van der Waals surface area contributed by atoms with Gasteiger partial charge in [0.2, 0.25) is 0 Å². The number of rotatable bonds is 1. The molecule has 0 aromatic carbocycles. The van der Waals surface area contributed by atoms with Crippen molar-refractivity contribution in [2.75, 3.05) is 20.1 Å². The Labute approximate surface area is 97.5 Å². The second kappa shape index (κ2) is 3.91. The molecule has 2 atom stereocenters. The minimum atomic E-state index is 0.540. The van der Waals surface area contributed by atoms with E-state index in [-0.39, 0.29) is 0 Å². The fraction of sp³-hybridized carbons (Fsp3) is 0.917. The molecule has 1 saturated carbocycles. The number of fused-ring (bicyclic) bond motifs is 2. The summed E-state index contributed by atoms with van der Waals surface area (Å²) >= 11 is 0. The summed E-state index contributed by atoms with van der Waals surface area (Å²) in [6.07, 6.45) is 6.41. The highest BCUT2D eigenvalue weighted by molar-refractivity contribution is 5.78. The lowest BCUT2D eigenvalue weighted by atomic mass is 10.1. The molecular formula is C12H22N4. The predicted octanol–water partition coefficient (Wildman–Crippen LogP) is 0.632. The first-order chi connectivity index (χ1) is 7.74. The largest absolute Gasteiger partial charge is 0.370 e. The third-order valence-corrected chi connectivity index (χ3v) is 4.33. The summed E-state index contributed by atoms with van der Waals surface area (Å²) < 4.78 is 0. The van der Waals surface area contributed by atoms with Gasteiger partial charge in [0.25, 0.3) is 0 Å². The van der Waals surface area contributed by atoms with E-state index < -0.39 is 0 Å². The standard InChI is InChI=1S/C12H22N4/c1-15-10-4-5-11(15)8-16(7-6-10)12(13)14-9-2-3-9/h9-11H,2-8H2,1H3,(H2,13,14). The minimum absolute atomic E-state index is 0.540. The number of nitrogens with zero attached hydrogens (tertiary/aromatic N) is 3. The zero-order valence-electron chi connectivity index (χ0n) is 10.1. The van der Waals surface area contributed by atoms with Crippen LogP contribution in [0.4, 0.5) is 0 Å². The van der Waals surface area contributed by atoms with Gasteiger partial charge < -0.3 is 10.6 Å². The first-order valence-corrected chi connectivity index (χ1v) is 6.54. The number of hydrogen-bond donors (Lipinski definition) is 1. The summed E-state index contributed by atoms with van der Waals surface area (Å²) in [6.45, 7) is 2.17. The van der Waals surface area contributed by atoms with Crippen molar-refractivity contribution < 1.29 is 0 Å². The van der Waals surface area contributed by atoms with Gasteiger partial charge in [-0.3, -0.25) is 4.90 Å². The molecule has 3 rings (SSSR count). The zero-order valence-corrected chi connectivity index (χ0v) is 10.1. The third kappa shape index (κ3) is 1.90. The van der Waals surface area contributed by atoms with Crippen LogP contribution in [0.3, 0.4) is 0 Å². The molecule has 2 heterocycles. The Bertz CT molecular complexity index is 297. The van der Waals surface area contributed by atoms with Crippen LogP contribution in [0.15, 0.2) is 4.99 Å². The van der Waals surface area contributed by atoms with Crippen LogP contribution in [0.2, 0.25) is 0 Å². The van der Waals surface area contributed by atoms with Crippen molar-refractivity contribution in [3.8, 4) is 0 Å². The van der Waals surface area contributed by atoms with Crippen LogP contribution in [0.25, 0.3) is 0 Å². The quantitative estimate of drug-likeness (QED) is 0.523. The lowest BCUT2D eigenvalue weighted by Gasteiger charge is -2.26. The van der Waals surface area contributed by atoms with Crippen LogP contribution in [0, 0.1) is 0 Å². The van der Waals surface area contributed by atoms with Gasteiger partial charge in [0.1, 0.15) is 0 Å². The number of likely N-dealkylation sites (tertiary alicyclic amines) is 1. The zero-order chi connectivity index (χ0) is 11.1. The average Bonchev–Trinajstić information content (AvgIpc) is 2.96. The van der Waals surface area contributed by atoms with Crippen molar-refractivity contribution in [3.05, 3.63) is 0 Å². The summed E-state index contributed by atoms with van der Waals surface area (Å²) in [5.74, 6) is 0.795. The normalized spacial score (nSPS) is 36.6. The second-order valence-corrected chi connectivity index (χ2v) is 5.50. The van der Waals surface area contributed by atoms with Crippen LogP contribution in [-0.4, -0.2) is 54.0 Å². The Morgan fingerprint density at radius 2 is 1.88 bits per heavy atom. The lowest BCUT2D eigenvalue weighted by Crippen LogP contribution is -2.43. The fourth-order valence-corrected chi connectivity index (χ4v) is 2.99. The molecule has 2 saturated heterocycles. The van der Waals surface area contributed by atoms with Crippen molar-refractivity contribution in [1.29, 1.82) is 0 Å². The van der Waals surface area contributed by atoms with Crippen LogP contribution < -0.4 is 5.73 Å². The van der Waals surface area contributed by atoms with Crippen LogP contribution in [0.1, 0.15) is 32.1 Å². The molecule has 1 aliphatic carbocycles. The number of likely N-dealkylation sites (N-methyl/N-ethyl adjacent to an activating group) is 1. The maximum atomic E-state index is 6.09. The van der Waals surface area contributed by atoms with E-state index in [0.717, 1.165) is 25.1 Å². The maximum Gasteiger partial charge on any atom is 0.191 e. The molecule has 2 N–H and O–H groups in total. The average molecular weight is 222 g/mol. The molecule has 0 amide bonds. The highest BCUT2D eigenvalue weighted by Gasteiger charge is 2.35. The van der Waals surface area contributed by atoms with E-state index in [1.807, 2.05) is 0 Å². The van der Waals surface area contributed by atoms with Gasteiger partial charge in [-0.15, -0.1) is 0 Å². The predicted molar refractivity (Wildman–Crippen MR) is 65.4 cm³/mol. The fourth-order valence-electron chi connectivity index (χ4n) is 2.99. The molecule has 2 aliphatic heterocycles. The number of hydrogen-bond acceptors (Lipinski definition) is 2. The van der Waals surface area contributed by atoms with E-state index in [1.165, 1.54) is 32.1 Å². The Hall–Kier alpha value is -0.770. The van der Waals surface area contributed by atoms with Gasteiger partial charge in [-0.05, 0) is 39.2 Å². The first-order valence-electron chi connectivity index (χ1n) is 6.54. The Morgan fingerprint density at radius 1 is 1.12 bits per heavy atom. The van der Waals surface area contributed by atoms with Crippen LogP contribution >= 0.6 is 0 Å². The smallest absolute Gasteiger partial charge is 0.191 e. The molecule has 0 aromatic rings. The van der Waals surface area contributed by atoms with Gasteiger partial charge in [0.05, 0.1) is 6.04 Å². The van der Waals surface area contributed by atoms with Gasteiger partial charge in [-0.1, -0.05) is 0 Å². The maximum absolute atomic E-state index is 6.09. The van der Waals surface area contributed by atoms with E-state index in [0.29, 0.717) is 12.1 Å². The summed E-state index contributed by atoms with van der Waals surface area (Å²) in [7, 11) is 2.26. The van der Waals surface area contributed by atoms with Crippen molar-refractivity contribution >= 4 is 5.96 Å². The van der Waals surface area contributed by atoms with Gasteiger partial charge in [-0.25, -0.2) is 4.99 Å². The van der Waals surface area contributed by atoms with Gasteiger partial charge in [-0.2, -0.15) is 0 Å². The molecule has 0 radical (unpaired) electrons. The monoisotopic (exact) mass is 222 g/mol. The van der Waals surface area contributed by atoms with Crippen LogP contribution in [0.5, 0.6) is 0 Å². The summed E-state index contributed by atoms with van der Waals surface area (Å²) in [5, 5.41) is 0. The first kappa shape index (κ1) is 10.4. The molecule has 4 nitrogen and oxygen atoms in total. The SMILES string of the molecule is CN1C2CCC1CN(C(N)=NC1CC1)CC2. The molecule has 4 heteroatoms. The van der Waals surface area contributed by atoms with E-state index in [9.17, 15) is 0 Å².